The molecule has 1 aromatic rings. The van der Waals surface area contributed by atoms with Crippen molar-refractivity contribution < 1.29 is 9.32 Å². The van der Waals surface area contributed by atoms with Gasteiger partial charge in [-0.2, -0.15) is 0 Å². The van der Waals surface area contributed by atoms with E-state index in [-0.39, 0.29) is 11.7 Å². The van der Waals surface area contributed by atoms with Crippen molar-refractivity contribution >= 4 is 5.78 Å². The lowest BCUT2D eigenvalue weighted by atomic mass is 10.1. The van der Waals surface area contributed by atoms with Crippen molar-refractivity contribution in [2.75, 3.05) is 0 Å². The van der Waals surface area contributed by atoms with Crippen LogP contribution in [0, 0.1) is 12.8 Å². The van der Waals surface area contributed by atoms with Crippen LogP contribution in [-0.2, 0) is 6.42 Å². The molecule has 1 aliphatic carbocycles. The summed E-state index contributed by atoms with van der Waals surface area (Å²) in [5.74, 6) is 1.03. The molecule has 0 aromatic carbocycles. The maximum absolute atomic E-state index is 11.4. The van der Waals surface area contributed by atoms with E-state index in [0.717, 1.165) is 23.4 Å². The molecule has 1 heterocycles. The standard InChI is InChI=1S/C8H9NO2/c1-4-3-6-7(8(4)10)5(2)9-11-6/h4H,3H2,1-2H3. The quantitative estimate of drug-likeness (QED) is 0.562. The summed E-state index contributed by atoms with van der Waals surface area (Å²) in [6, 6.07) is 0. The lowest BCUT2D eigenvalue weighted by molar-refractivity contribution is 0.0944. The molecule has 2 rings (SSSR count). The lowest BCUT2D eigenvalue weighted by Crippen LogP contribution is -2.04. The van der Waals surface area contributed by atoms with Gasteiger partial charge < -0.3 is 4.52 Å². The fourth-order valence-corrected chi connectivity index (χ4v) is 1.49. The van der Waals surface area contributed by atoms with Crippen LogP contribution in [0.15, 0.2) is 4.52 Å². The van der Waals surface area contributed by atoms with Gasteiger partial charge in [-0.3, -0.25) is 4.79 Å². The van der Waals surface area contributed by atoms with E-state index in [1.54, 1.807) is 6.92 Å². The Morgan fingerprint density at radius 2 is 2.36 bits per heavy atom. The van der Waals surface area contributed by atoms with Gasteiger partial charge >= 0.3 is 0 Å². The number of Topliss-reactive ketones (excluding diaryl/α,β-unsaturated/α-hetero) is 1. The Bertz CT molecular complexity index is 314. The van der Waals surface area contributed by atoms with Crippen molar-refractivity contribution in [2.45, 2.75) is 20.3 Å². The normalized spacial score (nSPS) is 22.4. The van der Waals surface area contributed by atoms with Gasteiger partial charge in [0.1, 0.15) is 5.76 Å². The van der Waals surface area contributed by atoms with Crippen molar-refractivity contribution in [1.29, 1.82) is 0 Å². The van der Waals surface area contributed by atoms with Crippen LogP contribution in [0.3, 0.4) is 0 Å². The molecule has 58 valence electrons. The fraction of sp³-hybridized carbons (Fsp3) is 0.500. The van der Waals surface area contributed by atoms with Crippen LogP contribution in [0.4, 0.5) is 0 Å². The molecule has 3 nitrogen and oxygen atoms in total. The number of carbonyl (C=O) groups is 1. The summed E-state index contributed by atoms with van der Waals surface area (Å²) in [4.78, 5) is 11.4. The second kappa shape index (κ2) is 1.94. The number of hydrogen-bond acceptors (Lipinski definition) is 3. The first-order valence-corrected chi connectivity index (χ1v) is 3.69. The molecule has 1 aliphatic rings. The van der Waals surface area contributed by atoms with Crippen LogP contribution in [0.5, 0.6) is 0 Å². The van der Waals surface area contributed by atoms with Crippen LogP contribution < -0.4 is 0 Å². The van der Waals surface area contributed by atoms with Crippen LogP contribution >= 0.6 is 0 Å². The molecule has 1 unspecified atom stereocenters. The topological polar surface area (TPSA) is 43.1 Å². The third-order valence-electron chi connectivity index (χ3n) is 2.12. The summed E-state index contributed by atoms with van der Waals surface area (Å²) in [5.41, 5.74) is 1.45. The molecule has 0 fully saturated rings. The summed E-state index contributed by atoms with van der Waals surface area (Å²) < 4.78 is 4.98. The van der Waals surface area contributed by atoms with Crippen molar-refractivity contribution in [1.82, 2.24) is 5.16 Å². The van der Waals surface area contributed by atoms with Gasteiger partial charge in [-0.15, -0.1) is 0 Å². The monoisotopic (exact) mass is 151 g/mol. The molecular formula is C8H9NO2. The number of aromatic nitrogens is 1. The SMILES string of the molecule is Cc1noc2c1C(=O)C(C)C2. The van der Waals surface area contributed by atoms with Gasteiger partial charge in [0.2, 0.25) is 0 Å². The Hall–Kier alpha value is -1.12. The number of nitrogens with zero attached hydrogens (tertiary/aromatic N) is 1. The van der Waals surface area contributed by atoms with Crippen LogP contribution in [0.1, 0.15) is 28.7 Å². The highest BCUT2D eigenvalue weighted by atomic mass is 16.5. The predicted octanol–water partition coefficient (Wildman–Crippen LogP) is 1.36. The first-order valence-electron chi connectivity index (χ1n) is 3.69. The van der Waals surface area contributed by atoms with Gasteiger partial charge in [0.05, 0.1) is 11.3 Å². The second-order valence-electron chi connectivity index (χ2n) is 3.04. The Morgan fingerprint density at radius 1 is 1.64 bits per heavy atom. The maximum Gasteiger partial charge on any atom is 0.171 e. The summed E-state index contributed by atoms with van der Waals surface area (Å²) in [5, 5.41) is 3.73. The van der Waals surface area contributed by atoms with Gasteiger partial charge in [-0.25, -0.2) is 0 Å². The summed E-state index contributed by atoms with van der Waals surface area (Å²) >= 11 is 0. The van der Waals surface area contributed by atoms with E-state index in [1.807, 2.05) is 6.92 Å². The number of fused-ring (bicyclic) bond motifs is 1. The number of rotatable bonds is 0. The van der Waals surface area contributed by atoms with E-state index >= 15 is 0 Å². The second-order valence-corrected chi connectivity index (χ2v) is 3.04. The summed E-state index contributed by atoms with van der Waals surface area (Å²) in [6.45, 7) is 3.72. The molecule has 0 aliphatic heterocycles. The molecule has 0 saturated heterocycles. The predicted molar refractivity (Wildman–Crippen MR) is 38.4 cm³/mol. The lowest BCUT2D eigenvalue weighted by Gasteiger charge is -1.94. The highest BCUT2D eigenvalue weighted by molar-refractivity contribution is 6.02. The van der Waals surface area contributed by atoms with E-state index in [2.05, 4.69) is 5.16 Å². The molecule has 11 heavy (non-hydrogen) atoms. The highest BCUT2D eigenvalue weighted by Gasteiger charge is 2.32. The number of aryl methyl sites for hydroxylation is 1. The Labute approximate surface area is 64.4 Å². The smallest absolute Gasteiger partial charge is 0.171 e. The maximum atomic E-state index is 11.4. The van der Waals surface area contributed by atoms with E-state index in [4.69, 9.17) is 4.52 Å². The van der Waals surface area contributed by atoms with E-state index in [9.17, 15) is 4.79 Å². The Morgan fingerprint density at radius 3 is 3.00 bits per heavy atom. The summed E-state index contributed by atoms with van der Waals surface area (Å²) in [7, 11) is 0. The average Bonchev–Trinajstić information content (AvgIpc) is 2.41. The minimum atomic E-state index is 0.0884. The minimum Gasteiger partial charge on any atom is -0.360 e. The van der Waals surface area contributed by atoms with E-state index < -0.39 is 0 Å². The van der Waals surface area contributed by atoms with Crippen molar-refractivity contribution in [3.05, 3.63) is 17.0 Å². The molecule has 1 aromatic heterocycles. The minimum absolute atomic E-state index is 0.0884. The van der Waals surface area contributed by atoms with Crippen LogP contribution in [0.25, 0.3) is 0 Å². The van der Waals surface area contributed by atoms with Crippen molar-refractivity contribution in [3.63, 3.8) is 0 Å². The Kier molecular flexibility index (Phi) is 1.16. The van der Waals surface area contributed by atoms with Gasteiger partial charge in [0.15, 0.2) is 5.78 Å². The molecule has 0 spiro atoms. The largest absolute Gasteiger partial charge is 0.360 e. The van der Waals surface area contributed by atoms with Gasteiger partial charge in [-0.05, 0) is 6.92 Å². The summed E-state index contributed by atoms with van der Waals surface area (Å²) in [6.07, 6.45) is 0.717. The first kappa shape index (κ1) is 6.58. The highest BCUT2D eigenvalue weighted by Crippen LogP contribution is 2.28. The molecule has 3 heteroatoms. The molecule has 0 N–H and O–H groups in total. The third-order valence-corrected chi connectivity index (χ3v) is 2.12. The van der Waals surface area contributed by atoms with E-state index in [1.165, 1.54) is 0 Å². The van der Waals surface area contributed by atoms with Crippen LogP contribution in [-0.4, -0.2) is 10.9 Å². The average molecular weight is 151 g/mol. The zero-order valence-corrected chi connectivity index (χ0v) is 6.55. The van der Waals surface area contributed by atoms with Gasteiger partial charge in [0.25, 0.3) is 0 Å². The van der Waals surface area contributed by atoms with Gasteiger partial charge in [-0.1, -0.05) is 12.1 Å². The number of carbonyl (C=O) groups excluding carboxylic acids is 1. The van der Waals surface area contributed by atoms with E-state index in [0.29, 0.717) is 0 Å². The van der Waals surface area contributed by atoms with Crippen molar-refractivity contribution in [2.24, 2.45) is 5.92 Å². The molecule has 0 radical (unpaired) electrons. The Balaban J connectivity index is 2.58. The third kappa shape index (κ3) is 0.737. The molecular weight excluding hydrogens is 142 g/mol. The zero-order valence-electron chi connectivity index (χ0n) is 6.55. The van der Waals surface area contributed by atoms with Gasteiger partial charge in [0, 0.05) is 12.3 Å². The van der Waals surface area contributed by atoms with Crippen LogP contribution in [0.2, 0.25) is 0 Å². The molecule has 1 atom stereocenters. The first-order chi connectivity index (χ1) is 5.20. The fourth-order valence-electron chi connectivity index (χ4n) is 1.49. The molecule has 0 saturated carbocycles. The number of hydrogen-bond donors (Lipinski definition) is 0. The molecule has 0 amide bonds. The molecule has 0 bridgehead atoms. The zero-order chi connectivity index (χ0) is 8.01. The van der Waals surface area contributed by atoms with Crippen molar-refractivity contribution in [3.8, 4) is 0 Å². The number of ketones is 1.